The Morgan fingerprint density at radius 2 is 2.26 bits per heavy atom. The minimum atomic E-state index is -1.01. The monoisotopic (exact) mass is 276 g/mol. The highest BCUT2D eigenvalue weighted by Gasteiger charge is 2.12. The van der Waals surface area contributed by atoms with Crippen molar-refractivity contribution in [2.75, 3.05) is 11.1 Å². The van der Waals surface area contributed by atoms with Crippen LogP contribution in [0.5, 0.6) is 0 Å². The summed E-state index contributed by atoms with van der Waals surface area (Å²) in [4.78, 5) is 12.2. The number of rotatable bonds is 5. The lowest BCUT2D eigenvalue weighted by Crippen LogP contribution is -2.09. The number of nitrogen functional groups attached to an aromatic ring is 1. The SMILES string of the molecule is CCC(Nc1ccc(C(=O)O)c(N)c1)c1cccs1. The van der Waals surface area contributed by atoms with Crippen molar-refractivity contribution in [3.05, 3.63) is 46.2 Å². The number of thiophene rings is 1. The zero-order chi connectivity index (χ0) is 13.8. The summed E-state index contributed by atoms with van der Waals surface area (Å²) in [5, 5.41) is 14.4. The summed E-state index contributed by atoms with van der Waals surface area (Å²) in [6, 6.07) is 9.26. The minimum Gasteiger partial charge on any atom is -0.478 e. The molecule has 4 nitrogen and oxygen atoms in total. The summed E-state index contributed by atoms with van der Waals surface area (Å²) in [6.45, 7) is 2.10. The maximum absolute atomic E-state index is 10.9. The Labute approximate surface area is 115 Å². The van der Waals surface area contributed by atoms with Crippen LogP contribution in [0.25, 0.3) is 0 Å². The second-order valence-electron chi connectivity index (χ2n) is 4.23. The first-order valence-electron chi connectivity index (χ1n) is 6.04. The molecular formula is C14H16N2O2S. The minimum absolute atomic E-state index is 0.134. The third kappa shape index (κ3) is 3.06. The molecule has 0 radical (unpaired) electrons. The van der Waals surface area contributed by atoms with Crippen LogP contribution in [-0.4, -0.2) is 11.1 Å². The molecular weight excluding hydrogens is 260 g/mol. The lowest BCUT2D eigenvalue weighted by Gasteiger charge is -2.17. The van der Waals surface area contributed by atoms with E-state index in [4.69, 9.17) is 10.8 Å². The summed E-state index contributed by atoms with van der Waals surface area (Å²) in [7, 11) is 0. The number of carboxylic acids is 1. The number of aromatic carboxylic acids is 1. The topological polar surface area (TPSA) is 75.3 Å². The number of carboxylic acid groups (broad SMARTS) is 1. The van der Waals surface area contributed by atoms with Crippen molar-refractivity contribution in [2.45, 2.75) is 19.4 Å². The molecule has 0 spiro atoms. The molecule has 1 aromatic heterocycles. The number of hydrogen-bond donors (Lipinski definition) is 3. The van der Waals surface area contributed by atoms with Crippen molar-refractivity contribution >= 4 is 28.7 Å². The molecule has 0 aliphatic rings. The first-order chi connectivity index (χ1) is 9.11. The van der Waals surface area contributed by atoms with Gasteiger partial charge in [-0.05, 0) is 36.1 Å². The fourth-order valence-electron chi connectivity index (χ4n) is 1.91. The van der Waals surface area contributed by atoms with E-state index in [1.54, 1.807) is 23.5 Å². The molecule has 5 heteroatoms. The van der Waals surface area contributed by atoms with Crippen molar-refractivity contribution in [3.8, 4) is 0 Å². The standard InChI is InChI=1S/C14H16N2O2S/c1-2-12(13-4-3-7-19-13)16-9-5-6-10(14(17)18)11(15)8-9/h3-8,12,16H,2,15H2,1H3,(H,17,18). The molecule has 0 saturated heterocycles. The fraction of sp³-hybridized carbons (Fsp3) is 0.214. The van der Waals surface area contributed by atoms with Gasteiger partial charge in [-0.2, -0.15) is 0 Å². The molecule has 1 heterocycles. The first-order valence-corrected chi connectivity index (χ1v) is 6.92. The molecule has 1 aromatic carbocycles. The number of benzene rings is 1. The van der Waals surface area contributed by atoms with Gasteiger partial charge in [-0.3, -0.25) is 0 Å². The molecule has 0 fully saturated rings. The molecule has 4 N–H and O–H groups in total. The van der Waals surface area contributed by atoms with Gasteiger partial charge in [0.1, 0.15) is 0 Å². The Kier molecular flexibility index (Phi) is 4.06. The molecule has 1 atom stereocenters. The molecule has 1 unspecified atom stereocenters. The van der Waals surface area contributed by atoms with E-state index in [0.717, 1.165) is 12.1 Å². The van der Waals surface area contributed by atoms with Gasteiger partial charge in [0.05, 0.1) is 11.6 Å². The fourth-order valence-corrected chi connectivity index (χ4v) is 2.77. The van der Waals surface area contributed by atoms with E-state index in [-0.39, 0.29) is 17.3 Å². The lowest BCUT2D eigenvalue weighted by molar-refractivity contribution is 0.0698. The number of nitrogens with two attached hydrogens (primary N) is 1. The van der Waals surface area contributed by atoms with Crippen LogP contribution in [0.1, 0.15) is 34.6 Å². The Bertz CT molecular complexity index is 567. The Morgan fingerprint density at radius 3 is 2.79 bits per heavy atom. The predicted molar refractivity (Wildman–Crippen MR) is 78.8 cm³/mol. The molecule has 0 amide bonds. The number of carbonyl (C=O) groups is 1. The number of hydrogen-bond acceptors (Lipinski definition) is 4. The molecule has 2 rings (SSSR count). The highest BCUT2D eigenvalue weighted by molar-refractivity contribution is 7.10. The van der Waals surface area contributed by atoms with Crippen LogP contribution in [0.3, 0.4) is 0 Å². The van der Waals surface area contributed by atoms with Crippen molar-refractivity contribution < 1.29 is 9.90 Å². The van der Waals surface area contributed by atoms with Gasteiger partial charge < -0.3 is 16.2 Å². The number of anilines is 2. The van der Waals surface area contributed by atoms with E-state index in [0.29, 0.717) is 0 Å². The van der Waals surface area contributed by atoms with Crippen molar-refractivity contribution in [2.24, 2.45) is 0 Å². The van der Waals surface area contributed by atoms with E-state index >= 15 is 0 Å². The zero-order valence-corrected chi connectivity index (χ0v) is 11.4. The number of nitrogens with one attached hydrogen (secondary N) is 1. The Balaban J connectivity index is 2.19. The van der Waals surface area contributed by atoms with Gasteiger partial charge in [-0.25, -0.2) is 4.79 Å². The van der Waals surface area contributed by atoms with Crippen LogP contribution in [0.2, 0.25) is 0 Å². The highest BCUT2D eigenvalue weighted by Crippen LogP contribution is 2.27. The smallest absolute Gasteiger partial charge is 0.337 e. The van der Waals surface area contributed by atoms with Crippen molar-refractivity contribution in [1.29, 1.82) is 0 Å². The third-order valence-corrected chi connectivity index (χ3v) is 3.90. The molecule has 0 bridgehead atoms. The van der Waals surface area contributed by atoms with Crippen LogP contribution in [-0.2, 0) is 0 Å². The van der Waals surface area contributed by atoms with E-state index in [1.807, 2.05) is 11.4 Å². The van der Waals surface area contributed by atoms with Crippen molar-refractivity contribution in [1.82, 2.24) is 0 Å². The average Bonchev–Trinajstić information content (AvgIpc) is 2.89. The lowest BCUT2D eigenvalue weighted by atomic mass is 10.1. The Hall–Kier alpha value is -2.01. The summed E-state index contributed by atoms with van der Waals surface area (Å²) < 4.78 is 0. The van der Waals surface area contributed by atoms with Crippen LogP contribution in [0.4, 0.5) is 11.4 Å². The Morgan fingerprint density at radius 1 is 1.47 bits per heavy atom. The molecule has 19 heavy (non-hydrogen) atoms. The molecule has 0 aliphatic carbocycles. The van der Waals surface area contributed by atoms with Crippen molar-refractivity contribution in [3.63, 3.8) is 0 Å². The van der Waals surface area contributed by atoms with E-state index < -0.39 is 5.97 Å². The molecule has 2 aromatic rings. The maximum Gasteiger partial charge on any atom is 0.337 e. The van der Waals surface area contributed by atoms with E-state index in [9.17, 15) is 4.79 Å². The highest BCUT2D eigenvalue weighted by atomic mass is 32.1. The van der Waals surface area contributed by atoms with Gasteiger partial charge in [0.25, 0.3) is 0 Å². The molecule has 0 aliphatic heterocycles. The second-order valence-corrected chi connectivity index (χ2v) is 5.21. The molecule has 0 saturated carbocycles. The second kappa shape index (κ2) is 5.75. The average molecular weight is 276 g/mol. The molecule has 100 valence electrons. The quantitative estimate of drug-likeness (QED) is 0.729. The predicted octanol–water partition coefficient (Wildman–Crippen LogP) is 3.59. The van der Waals surface area contributed by atoms with Gasteiger partial charge in [0.15, 0.2) is 0 Å². The van der Waals surface area contributed by atoms with Crippen LogP contribution >= 0.6 is 11.3 Å². The normalized spacial score (nSPS) is 12.1. The van der Waals surface area contributed by atoms with Crippen LogP contribution < -0.4 is 11.1 Å². The van der Waals surface area contributed by atoms with Crippen LogP contribution in [0.15, 0.2) is 35.7 Å². The summed E-state index contributed by atoms with van der Waals surface area (Å²) in [5.74, 6) is -1.01. The summed E-state index contributed by atoms with van der Waals surface area (Å²) >= 11 is 1.70. The van der Waals surface area contributed by atoms with Gasteiger partial charge >= 0.3 is 5.97 Å². The third-order valence-electron chi connectivity index (χ3n) is 2.92. The summed E-state index contributed by atoms with van der Waals surface area (Å²) in [6.07, 6.45) is 0.946. The van der Waals surface area contributed by atoms with Crippen LogP contribution in [0, 0.1) is 0 Å². The van der Waals surface area contributed by atoms with Gasteiger partial charge in [0.2, 0.25) is 0 Å². The first kappa shape index (κ1) is 13.4. The van der Waals surface area contributed by atoms with Gasteiger partial charge in [0, 0.05) is 16.3 Å². The summed E-state index contributed by atoms with van der Waals surface area (Å²) in [5.41, 5.74) is 6.99. The van der Waals surface area contributed by atoms with Gasteiger partial charge in [-0.15, -0.1) is 11.3 Å². The maximum atomic E-state index is 10.9. The van der Waals surface area contributed by atoms with E-state index in [1.165, 1.54) is 10.9 Å². The van der Waals surface area contributed by atoms with Gasteiger partial charge in [-0.1, -0.05) is 13.0 Å². The largest absolute Gasteiger partial charge is 0.478 e. The zero-order valence-electron chi connectivity index (χ0n) is 10.6. The van der Waals surface area contributed by atoms with E-state index in [2.05, 4.69) is 18.3 Å².